The first-order chi connectivity index (χ1) is 4.86. The molecule has 0 unspecified atom stereocenters. The Morgan fingerprint density at radius 1 is 1.40 bits per heavy atom. The number of hydrogen-bond acceptors (Lipinski definition) is 2. The molecule has 60 valence electrons. The molecule has 0 aliphatic heterocycles. The van der Waals surface area contributed by atoms with E-state index in [0.29, 0.717) is 12.1 Å². The van der Waals surface area contributed by atoms with E-state index >= 15 is 0 Å². The predicted octanol–water partition coefficient (Wildman–Crippen LogP) is 1.16. The molecular weight excluding hydrogens is 126 g/mol. The molecule has 1 fully saturated rings. The fourth-order valence-electron chi connectivity index (χ4n) is 1.62. The van der Waals surface area contributed by atoms with Crippen LogP contribution in [-0.4, -0.2) is 26.3 Å². The average molecular weight is 143 g/mol. The van der Waals surface area contributed by atoms with Crippen LogP contribution in [0.2, 0.25) is 0 Å². The largest absolute Gasteiger partial charge is 0.381 e. The lowest BCUT2D eigenvalue weighted by molar-refractivity contribution is 0.0601. The normalized spacial score (nSPS) is 34.2. The number of methoxy groups -OCH3 is 1. The molecule has 0 radical (unpaired) electrons. The SMILES string of the molecule is CN[C@@H]1CCC[C@@H](OC)C1. The molecular formula is C8H17NO. The summed E-state index contributed by atoms with van der Waals surface area (Å²) >= 11 is 0. The highest BCUT2D eigenvalue weighted by atomic mass is 16.5. The summed E-state index contributed by atoms with van der Waals surface area (Å²) in [5.74, 6) is 0. The molecule has 1 aliphatic rings. The van der Waals surface area contributed by atoms with Crippen molar-refractivity contribution in [3.05, 3.63) is 0 Å². The Morgan fingerprint density at radius 2 is 2.20 bits per heavy atom. The Hall–Kier alpha value is -0.0800. The van der Waals surface area contributed by atoms with Gasteiger partial charge < -0.3 is 10.1 Å². The molecule has 0 heterocycles. The molecule has 0 aromatic carbocycles. The van der Waals surface area contributed by atoms with E-state index in [9.17, 15) is 0 Å². The molecule has 2 atom stereocenters. The van der Waals surface area contributed by atoms with Gasteiger partial charge in [-0.25, -0.2) is 0 Å². The Kier molecular flexibility index (Phi) is 3.16. The van der Waals surface area contributed by atoms with Crippen molar-refractivity contribution in [3.8, 4) is 0 Å². The van der Waals surface area contributed by atoms with Crippen LogP contribution >= 0.6 is 0 Å². The van der Waals surface area contributed by atoms with E-state index in [4.69, 9.17) is 4.74 Å². The van der Waals surface area contributed by atoms with Crippen LogP contribution in [-0.2, 0) is 4.74 Å². The first-order valence-electron chi connectivity index (χ1n) is 4.07. The van der Waals surface area contributed by atoms with Crippen molar-refractivity contribution in [2.75, 3.05) is 14.2 Å². The highest BCUT2D eigenvalue weighted by Crippen LogP contribution is 2.19. The van der Waals surface area contributed by atoms with Crippen LogP contribution in [0.4, 0.5) is 0 Å². The summed E-state index contributed by atoms with van der Waals surface area (Å²) in [6.45, 7) is 0. The quantitative estimate of drug-likeness (QED) is 0.626. The molecule has 0 spiro atoms. The zero-order valence-corrected chi connectivity index (χ0v) is 6.89. The molecule has 0 saturated heterocycles. The van der Waals surface area contributed by atoms with Crippen LogP contribution < -0.4 is 5.32 Å². The molecule has 1 N–H and O–H groups in total. The van der Waals surface area contributed by atoms with Gasteiger partial charge in [-0.15, -0.1) is 0 Å². The maximum atomic E-state index is 5.28. The minimum atomic E-state index is 0.506. The van der Waals surface area contributed by atoms with Crippen molar-refractivity contribution >= 4 is 0 Å². The lowest BCUT2D eigenvalue weighted by Gasteiger charge is -2.27. The number of nitrogens with one attached hydrogen (secondary N) is 1. The van der Waals surface area contributed by atoms with E-state index in [1.165, 1.54) is 25.7 Å². The Bertz CT molecular complexity index is 85.3. The third-order valence-electron chi connectivity index (χ3n) is 2.37. The second-order valence-corrected chi connectivity index (χ2v) is 3.01. The van der Waals surface area contributed by atoms with Gasteiger partial charge in [0.25, 0.3) is 0 Å². The third kappa shape index (κ3) is 1.96. The first kappa shape index (κ1) is 8.02. The topological polar surface area (TPSA) is 21.3 Å². The van der Waals surface area contributed by atoms with Gasteiger partial charge in [0.1, 0.15) is 0 Å². The van der Waals surface area contributed by atoms with Crippen LogP contribution in [0.25, 0.3) is 0 Å². The summed E-state index contributed by atoms with van der Waals surface area (Å²) in [6.07, 6.45) is 5.56. The number of ether oxygens (including phenoxy) is 1. The van der Waals surface area contributed by atoms with Crippen molar-refractivity contribution in [2.45, 2.75) is 37.8 Å². The summed E-state index contributed by atoms with van der Waals surface area (Å²) in [7, 11) is 3.84. The second kappa shape index (κ2) is 3.94. The maximum absolute atomic E-state index is 5.28. The molecule has 0 aromatic rings. The third-order valence-corrected chi connectivity index (χ3v) is 2.37. The van der Waals surface area contributed by atoms with Crippen molar-refractivity contribution in [1.29, 1.82) is 0 Å². The van der Waals surface area contributed by atoms with E-state index in [1.807, 2.05) is 14.2 Å². The standard InChI is InChI=1S/C8H17NO/c1-9-7-4-3-5-8(6-7)10-2/h7-9H,3-6H2,1-2H3/t7-,8-/m1/s1. The van der Waals surface area contributed by atoms with Crippen LogP contribution in [0.1, 0.15) is 25.7 Å². The first-order valence-corrected chi connectivity index (χ1v) is 4.07. The van der Waals surface area contributed by atoms with Gasteiger partial charge >= 0.3 is 0 Å². The molecule has 2 nitrogen and oxygen atoms in total. The van der Waals surface area contributed by atoms with Crippen LogP contribution in [0, 0.1) is 0 Å². The lowest BCUT2D eigenvalue weighted by Crippen LogP contribution is -2.34. The molecule has 10 heavy (non-hydrogen) atoms. The zero-order valence-electron chi connectivity index (χ0n) is 6.89. The van der Waals surface area contributed by atoms with E-state index in [2.05, 4.69) is 5.32 Å². The summed E-state index contributed by atoms with van der Waals surface area (Å²) in [6, 6.07) is 0.693. The molecule has 0 amide bonds. The van der Waals surface area contributed by atoms with E-state index in [1.54, 1.807) is 0 Å². The molecule has 2 heteroatoms. The van der Waals surface area contributed by atoms with E-state index in [0.717, 1.165) is 0 Å². The minimum absolute atomic E-state index is 0.506. The maximum Gasteiger partial charge on any atom is 0.0586 e. The smallest absolute Gasteiger partial charge is 0.0586 e. The van der Waals surface area contributed by atoms with E-state index < -0.39 is 0 Å². The van der Waals surface area contributed by atoms with Gasteiger partial charge in [0.2, 0.25) is 0 Å². The molecule has 1 rings (SSSR count). The number of hydrogen-bond donors (Lipinski definition) is 1. The van der Waals surface area contributed by atoms with Crippen LogP contribution in [0.5, 0.6) is 0 Å². The Balaban J connectivity index is 2.25. The molecule has 1 aliphatic carbocycles. The van der Waals surface area contributed by atoms with Crippen molar-refractivity contribution in [3.63, 3.8) is 0 Å². The average Bonchev–Trinajstić information content (AvgIpc) is 2.05. The van der Waals surface area contributed by atoms with Gasteiger partial charge in [0.05, 0.1) is 6.10 Å². The fourth-order valence-corrected chi connectivity index (χ4v) is 1.62. The fraction of sp³-hybridized carbons (Fsp3) is 1.00. The summed E-state index contributed by atoms with van der Waals surface area (Å²) in [5.41, 5.74) is 0. The lowest BCUT2D eigenvalue weighted by atomic mass is 9.93. The Morgan fingerprint density at radius 3 is 2.80 bits per heavy atom. The highest BCUT2D eigenvalue weighted by molar-refractivity contribution is 4.76. The van der Waals surface area contributed by atoms with Gasteiger partial charge in [0, 0.05) is 13.2 Å². The Labute approximate surface area is 63.0 Å². The van der Waals surface area contributed by atoms with Gasteiger partial charge in [-0.3, -0.25) is 0 Å². The van der Waals surface area contributed by atoms with Gasteiger partial charge in [-0.2, -0.15) is 0 Å². The van der Waals surface area contributed by atoms with Gasteiger partial charge in [-0.05, 0) is 32.7 Å². The van der Waals surface area contributed by atoms with Crippen molar-refractivity contribution in [2.24, 2.45) is 0 Å². The molecule has 0 bridgehead atoms. The summed E-state index contributed by atoms with van der Waals surface area (Å²) < 4.78 is 5.28. The second-order valence-electron chi connectivity index (χ2n) is 3.01. The van der Waals surface area contributed by atoms with Crippen LogP contribution in [0.15, 0.2) is 0 Å². The zero-order chi connectivity index (χ0) is 7.40. The van der Waals surface area contributed by atoms with Gasteiger partial charge in [0.15, 0.2) is 0 Å². The van der Waals surface area contributed by atoms with Crippen LogP contribution in [0.3, 0.4) is 0 Å². The summed E-state index contributed by atoms with van der Waals surface area (Å²) in [5, 5.41) is 3.29. The predicted molar refractivity (Wildman–Crippen MR) is 42.1 cm³/mol. The highest BCUT2D eigenvalue weighted by Gasteiger charge is 2.19. The molecule has 1 saturated carbocycles. The monoisotopic (exact) mass is 143 g/mol. The van der Waals surface area contributed by atoms with Crippen molar-refractivity contribution in [1.82, 2.24) is 5.32 Å². The summed E-state index contributed by atoms with van der Waals surface area (Å²) in [4.78, 5) is 0. The number of rotatable bonds is 2. The van der Waals surface area contributed by atoms with Gasteiger partial charge in [-0.1, -0.05) is 0 Å². The minimum Gasteiger partial charge on any atom is -0.381 e. The van der Waals surface area contributed by atoms with Crippen molar-refractivity contribution < 1.29 is 4.74 Å². The molecule has 0 aromatic heterocycles. The van der Waals surface area contributed by atoms with E-state index in [-0.39, 0.29) is 0 Å².